The molecule has 0 spiro atoms. The third-order valence-corrected chi connectivity index (χ3v) is 5.12. The highest BCUT2D eigenvalue weighted by atomic mass is 32.2. The molecule has 0 aliphatic rings. The molecule has 3 nitrogen and oxygen atoms in total. The monoisotopic (exact) mass is 381 g/mol. The summed E-state index contributed by atoms with van der Waals surface area (Å²) in [4.78, 5) is 13.7. The van der Waals surface area contributed by atoms with Gasteiger partial charge in [-0.25, -0.2) is 4.39 Å². The molecule has 0 unspecified atom stereocenters. The van der Waals surface area contributed by atoms with Gasteiger partial charge < -0.3 is 10.1 Å². The molecule has 0 aromatic heterocycles. The summed E-state index contributed by atoms with van der Waals surface area (Å²) in [5.74, 6) is 0.843. The van der Waals surface area contributed by atoms with E-state index in [1.165, 1.54) is 29.8 Å². The average Bonchev–Trinajstić information content (AvgIpc) is 2.69. The van der Waals surface area contributed by atoms with E-state index in [4.69, 9.17) is 4.74 Å². The zero-order valence-corrected chi connectivity index (χ0v) is 16.0. The van der Waals surface area contributed by atoms with Gasteiger partial charge in [0, 0.05) is 27.5 Å². The SMILES string of the molecule is COc1ccc(C(=O)Nc2ccc(F)cc2)cc1CSc1ccc(C)cc1. The quantitative estimate of drug-likeness (QED) is 0.558. The van der Waals surface area contributed by atoms with Crippen LogP contribution >= 0.6 is 11.8 Å². The minimum absolute atomic E-state index is 0.245. The molecule has 0 bridgehead atoms. The van der Waals surface area contributed by atoms with Crippen LogP contribution in [-0.4, -0.2) is 13.0 Å². The minimum Gasteiger partial charge on any atom is -0.496 e. The van der Waals surface area contributed by atoms with E-state index in [0.717, 1.165) is 16.2 Å². The molecule has 0 atom stereocenters. The van der Waals surface area contributed by atoms with Gasteiger partial charge in [-0.2, -0.15) is 0 Å². The molecule has 0 aliphatic carbocycles. The summed E-state index contributed by atoms with van der Waals surface area (Å²) in [6.07, 6.45) is 0. The van der Waals surface area contributed by atoms with E-state index in [9.17, 15) is 9.18 Å². The van der Waals surface area contributed by atoms with Gasteiger partial charge in [-0.05, 0) is 61.5 Å². The van der Waals surface area contributed by atoms with Crippen molar-refractivity contribution >= 4 is 23.4 Å². The van der Waals surface area contributed by atoms with Crippen LogP contribution in [0.5, 0.6) is 5.75 Å². The number of rotatable bonds is 6. The fourth-order valence-electron chi connectivity index (χ4n) is 2.56. The number of halogens is 1. The number of nitrogens with one attached hydrogen (secondary N) is 1. The topological polar surface area (TPSA) is 38.3 Å². The third-order valence-electron chi connectivity index (χ3n) is 4.06. The van der Waals surface area contributed by atoms with Crippen molar-refractivity contribution in [2.45, 2.75) is 17.6 Å². The molecule has 3 aromatic rings. The van der Waals surface area contributed by atoms with E-state index in [2.05, 4.69) is 36.5 Å². The summed E-state index contributed by atoms with van der Waals surface area (Å²) in [5.41, 5.74) is 3.23. The summed E-state index contributed by atoms with van der Waals surface area (Å²) < 4.78 is 18.4. The number of carbonyl (C=O) groups is 1. The Labute approximate surface area is 162 Å². The van der Waals surface area contributed by atoms with Gasteiger partial charge in [0.05, 0.1) is 7.11 Å². The maximum Gasteiger partial charge on any atom is 0.255 e. The molecule has 0 heterocycles. The van der Waals surface area contributed by atoms with Gasteiger partial charge in [-0.15, -0.1) is 11.8 Å². The first-order chi connectivity index (χ1) is 13.0. The van der Waals surface area contributed by atoms with E-state index in [0.29, 0.717) is 17.0 Å². The van der Waals surface area contributed by atoms with Gasteiger partial charge in [0.2, 0.25) is 0 Å². The Kier molecular flexibility index (Phi) is 6.14. The van der Waals surface area contributed by atoms with Crippen molar-refractivity contribution in [3.8, 4) is 5.75 Å². The molecule has 27 heavy (non-hydrogen) atoms. The number of methoxy groups -OCH3 is 1. The Morgan fingerprint density at radius 3 is 2.41 bits per heavy atom. The van der Waals surface area contributed by atoms with E-state index in [1.807, 2.05) is 6.07 Å². The maximum atomic E-state index is 13.0. The van der Waals surface area contributed by atoms with Crippen LogP contribution in [0.3, 0.4) is 0 Å². The molecule has 1 N–H and O–H groups in total. The zero-order chi connectivity index (χ0) is 19.2. The number of amides is 1. The highest BCUT2D eigenvalue weighted by molar-refractivity contribution is 7.98. The molecule has 5 heteroatoms. The molecular weight excluding hydrogens is 361 g/mol. The summed E-state index contributed by atoms with van der Waals surface area (Å²) in [6, 6.07) is 19.4. The van der Waals surface area contributed by atoms with Gasteiger partial charge in [0.15, 0.2) is 0 Å². The second kappa shape index (κ2) is 8.73. The number of hydrogen-bond donors (Lipinski definition) is 1. The van der Waals surface area contributed by atoms with Gasteiger partial charge >= 0.3 is 0 Å². The van der Waals surface area contributed by atoms with Crippen molar-refractivity contribution < 1.29 is 13.9 Å². The average molecular weight is 381 g/mol. The molecular formula is C22H20FNO2S. The molecule has 3 aromatic carbocycles. The van der Waals surface area contributed by atoms with Crippen LogP contribution in [0.25, 0.3) is 0 Å². The lowest BCUT2D eigenvalue weighted by Crippen LogP contribution is -2.12. The normalized spacial score (nSPS) is 10.5. The van der Waals surface area contributed by atoms with E-state index >= 15 is 0 Å². The van der Waals surface area contributed by atoms with Crippen LogP contribution in [-0.2, 0) is 5.75 Å². The maximum absolute atomic E-state index is 13.0. The van der Waals surface area contributed by atoms with Crippen LogP contribution in [0, 0.1) is 12.7 Å². The summed E-state index contributed by atoms with van der Waals surface area (Å²) in [7, 11) is 1.62. The van der Waals surface area contributed by atoms with Crippen LogP contribution in [0.4, 0.5) is 10.1 Å². The number of ether oxygens (including phenoxy) is 1. The fourth-order valence-corrected chi connectivity index (χ4v) is 3.44. The van der Waals surface area contributed by atoms with Crippen LogP contribution in [0.15, 0.2) is 71.6 Å². The van der Waals surface area contributed by atoms with Gasteiger partial charge in [0.25, 0.3) is 5.91 Å². The second-order valence-electron chi connectivity index (χ2n) is 6.09. The molecule has 0 radical (unpaired) electrons. The molecule has 0 fully saturated rings. The van der Waals surface area contributed by atoms with Crippen molar-refractivity contribution in [3.63, 3.8) is 0 Å². The Morgan fingerprint density at radius 2 is 1.74 bits per heavy atom. The standard InChI is InChI=1S/C22H20FNO2S/c1-15-3-10-20(11-4-15)27-14-17-13-16(5-12-21(17)26-2)22(25)24-19-8-6-18(23)7-9-19/h3-13H,14H2,1-2H3,(H,24,25). The second-order valence-corrected chi connectivity index (χ2v) is 7.14. The summed E-state index contributed by atoms with van der Waals surface area (Å²) in [5, 5.41) is 2.78. The Morgan fingerprint density at radius 1 is 1.04 bits per heavy atom. The lowest BCUT2D eigenvalue weighted by molar-refractivity contribution is 0.102. The first-order valence-electron chi connectivity index (χ1n) is 8.48. The predicted octanol–water partition coefficient (Wildman–Crippen LogP) is 5.69. The molecule has 1 amide bonds. The Balaban J connectivity index is 1.74. The van der Waals surface area contributed by atoms with Crippen LogP contribution in [0.2, 0.25) is 0 Å². The van der Waals surface area contributed by atoms with Crippen LogP contribution < -0.4 is 10.1 Å². The van der Waals surface area contributed by atoms with Gasteiger partial charge in [0.1, 0.15) is 11.6 Å². The molecule has 3 rings (SSSR count). The number of anilines is 1. The number of carbonyl (C=O) groups excluding carboxylic acids is 1. The van der Waals surface area contributed by atoms with E-state index < -0.39 is 0 Å². The fraction of sp³-hybridized carbons (Fsp3) is 0.136. The van der Waals surface area contributed by atoms with E-state index in [1.54, 1.807) is 31.0 Å². The number of hydrogen-bond acceptors (Lipinski definition) is 3. The number of thioether (sulfide) groups is 1. The summed E-state index contributed by atoms with van der Waals surface area (Å²) in [6.45, 7) is 2.06. The largest absolute Gasteiger partial charge is 0.496 e. The van der Waals surface area contributed by atoms with Crippen LogP contribution in [0.1, 0.15) is 21.5 Å². The molecule has 0 saturated heterocycles. The third kappa shape index (κ3) is 5.11. The molecule has 138 valence electrons. The number of aryl methyl sites for hydroxylation is 1. The Hall–Kier alpha value is -2.79. The van der Waals surface area contributed by atoms with Gasteiger partial charge in [-0.3, -0.25) is 4.79 Å². The lowest BCUT2D eigenvalue weighted by atomic mass is 10.1. The highest BCUT2D eigenvalue weighted by Crippen LogP contribution is 2.29. The smallest absolute Gasteiger partial charge is 0.255 e. The van der Waals surface area contributed by atoms with Gasteiger partial charge in [-0.1, -0.05) is 17.7 Å². The first kappa shape index (κ1) is 19.0. The summed E-state index contributed by atoms with van der Waals surface area (Å²) >= 11 is 1.68. The van der Waals surface area contributed by atoms with E-state index in [-0.39, 0.29) is 11.7 Å². The number of benzene rings is 3. The van der Waals surface area contributed by atoms with Crippen molar-refractivity contribution in [1.29, 1.82) is 0 Å². The molecule has 0 aliphatic heterocycles. The highest BCUT2D eigenvalue weighted by Gasteiger charge is 2.11. The first-order valence-corrected chi connectivity index (χ1v) is 9.47. The minimum atomic E-state index is -0.340. The van der Waals surface area contributed by atoms with Crippen molar-refractivity contribution in [3.05, 3.63) is 89.2 Å². The van der Waals surface area contributed by atoms with Crippen molar-refractivity contribution in [2.24, 2.45) is 0 Å². The zero-order valence-electron chi connectivity index (χ0n) is 15.2. The Bertz CT molecular complexity index is 924. The van der Waals surface area contributed by atoms with Crippen molar-refractivity contribution in [2.75, 3.05) is 12.4 Å². The molecule has 0 saturated carbocycles. The lowest BCUT2D eigenvalue weighted by Gasteiger charge is -2.11. The predicted molar refractivity (Wildman–Crippen MR) is 108 cm³/mol. The van der Waals surface area contributed by atoms with Crippen molar-refractivity contribution in [1.82, 2.24) is 0 Å².